The Labute approximate surface area is 103 Å². The van der Waals surface area contributed by atoms with Gasteiger partial charge >= 0.3 is 0 Å². The maximum Gasteiger partial charge on any atom is 0.0516 e. The molecule has 1 aliphatic rings. The Hall–Kier alpha value is -0.190. The summed E-state index contributed by atoms with van der Waals surface area (Å²) >= 11 is 5.46. The van der Waals surface area contributed by atoms with Crippen molar-refractivity contribution in [3.63, 3.8) is 0 Å². The summed E-state index contributed by atoms with van der Waals surface area (Å²) in [6.45, 7) is 5.00. The van der Waals surface area contributed by atoms with E-state index in [4.69, 9.17) is 5.73 Å². The summed E-state index contributed by atoms with van der Waals surface area (Å²) in [5.74, 6) is 0. The number of fused-ring (bicyclic) bond motifs is 1. The summed E-state index contributed by atoms with van der Waals surface area (Å²) < 4.78 is 1.14. The van der Waals surface area contributed by atoms with Crippen LogP contribution in [0.25, 0.3) is 0 Å². The summed E-state index contributed by atoms with van der Waals surface area (Å²) in [6.07, 6.45) is 0. The monoisotopic (exact) mass is 286 g/mol. The van der Waals surface area contributed by atoms with Gasteiger partial charge in [-0.2, -0.15) is 0 Å². The molecule has 1 aliphatic heterocycles. The van der Waals surface area contributed by atoms with E-state index in [0.717, 1.165) is 17.6 Å². The van der Waals surface area contributed by atoms with Crippen LogP contribution in [0.4, 0.5) is 5.69 Å². The normalized spacial score (nSPS) is 20.2. The molecule has 2 rings (SSSR count). The van der Waals surface area contributed by atoms with Crippen molar-refractivity contribution in [3.05, 3.63) is 22.7 Å². The van der Waals surface area contributed by atoms with Crippen molar-refractivity contribution < 1.29 is 0 Å². The summed E-state index contributed by atoms with van der Waals surface area (Å²) in [5, 5.41) is 0.644. The SMILES string of the molecule is CC1CN(CCN)c2cc(Br)ccc2S1. The Balaban J connectivity index is 2.34. The van der Waals surface area contributed by atoms with Gasteiger partial charge < -0.3 is 10.6 Å². The fourth-order valence-corrected chi connectivity index (χ4v) is 3.36. The third-order valence-electron chi connectivity index (χ3n) is 2.47. The van der Waals surface area contributed by atoms with Gasteiger partial charge in [-0.15, -0.1) is 11.8 Å². The van der Waals surface area contributed by atoms with E-state index in [1.54, 1.807) is 0 Å². The number of halogens is 1. The van der Waals surface area contributed by atoms with E-state index in [0.29, 0.717) is 11.8 Å². The van der Waals surface area contributed by atoms with Gasteiger partial charge in [-0.25, -0.2) is 0 Å². The van der Waals surface area contributed by atoms with Crippen molar-refractivity contribution >= 4 is 33.4 Å². The molecule has 0 amide bonds. The van der Waals surface area contributed by atoms with Crippen LogP contribution in [-0.2, 0) is 0 Å². The van der Waals surface area contributed by atoms with Crippen molar-refractivity contribution in [2.24, 2.45) is 5.73 Å². The van der Waals surface area contributed by atoms with Gasteiger partial charge in [0.2, 0.25) is 0 Å². The lowest BCUT2D eigenvalue weighted by Gasteiger charge is -2.34. The number of nitrogens with two attached hydrogens (primary N) is 1. The minimum Gasteiger partial charge on any atom is -0.368 e. The molecule has 2 N–H and O–H groups in total. The van der Waals surface area contributed by atoms with Crippen LogP contribution in [0.1, 0.15) is 6.92 Å². The molecule has 1 heterocycles. The lowest BCUT2D eigenvalue weighted by Crippen LogP contribution is -2.36. The zero-order chi connectivity index (χ0) is 10.8. The molecule has 2 nitrogen and oxygen atoms in total. The zero-order valence-corrected chi connectivity index (χ0v) is 11.1. The lowest BCUT2D eigenvalue weighted by atomic mass is 10.2. The predicted octanol–water partition coefficient (Wildman–Crippen LogP) is 2.71. The molecule has 1 aromatic carbocycles. The average molecular weight is 287 g/mol. The second-order valence-corrected chi connectivity index (χ2v) is 6.17. The van der Waals surface area contributed by atoms with E-state index in [1.165, 1.54) is 10.6 Å². The molecule has 0 aliphatic carbocycles. The second-order valence-electron chi connectivity index (χ2n) is 3.78. The second kappa shape index (κ2) is 4.76. The van der Waals surface area contributed by atoms with E-state index in [-0.39, 0.29) is 0 Å². The van der Waals surface area contributed by atoms with Gasteiger partial charge in [0.15, 0.2) is 0 Å². The van der Waals surface area contributed by atoms with E-state index in [1.807, 2.05) is 11.8 Å². The summed E-state index contributed by atoms with van der Waals surface area (Å²) in [6, 6.07) is 6.47. The van der Waals surface area contributed by atoms with Gasteiger partial charge in [0.25, 0.3) is 0 Å². The molecular formula is C11H15BrN2S. The minimum absolute atomic E-state index is 0.644. The molecular weight excluding hydrogens is 272 g/mol. The standard InChI is InChI=1S/C11H15BrN2S/c1-8-7-14(5-4-13)10-6-9(12)2-3-11(10)15-8/h2-3,6,8H,4-5,7,13H2,1H3. The van der Waals surface area contributed by atoms with Crippen LogP contribution in [0.3, 0.4) is 0 Å². The van der Waals surface area contributed by atoms with Crippen LogP contribution in [-0.4, -0.2) is 24.9 Å². The summed E-state index contributed by atoms with van der Waals surface area (Å²) in [7, 11) is 0. The van der Waals surface area contributed by atoms with Crippen molar-refractivity contribution in [2.75, 3.05) is 24.5 Å². The fraction of sp³-hybridized carbons (Fsp3) is 0.455. The molecule has 1 aromatic rings. The molecule has 0 spiro atoms. The average Bonchev–Trinajstić information content (AvgIpc) is 2.19. The van der Waals surface area contributed by atoms with Gasteiger partial charge in [0.1, 0.15) is 0 Å². The van der Waals surface area contributed by atoms with Gasteiger partial charge in [0, 0.05) is 34.3 Å². The first kappa shape index (κ1) is 11.3. The van der Waals surface area contributed by atoms with E-state index in [2.05, 4.69) is 46.0 Å². The van der Waals surface area contributed by atoms with Crippen molar-refractivity contribution in [1.82, 2.24) is 0 Å². The third-order valence-corrected chi connectivity index (χ3v) is 4.11. The van der Waals surface area contributed by atoms with Crippen LogP contribution in [0, 0.1) is 0 Å². The molecule has 4 heteroatoms. The Morgan fingerprint density at radius 2 is 2.40 bits per heavy atom. The van der Waals surface area contributed by atoms with E-state index >= 15 is 0 Å². The molecule has 0 aromatic heterocycles. The van der Waals surface area contributed by atoms with Gasteiger partial charge in [-0.3, -0.25) is 0 Å². The van der Waals surface area contributed by atoms with Crippen LogP contribution in [0.15, 0.2) is 27.6 Å². The van der Waals surface area contributed by atoms with Crippen LogP contribution >= 0.6 is 27.7 Å². The van der Waals surface area contributed by atoms with Gasteiger partial charge in [-0.1, -0.05) is 22.9 Å². The van der Waals surface area contributed by atoms with Crippen LogP contribution < -0.4 is 10.6 Å². The predicted molar refractivity (Wildman–Crippen MR) is 70.7 cm³/mol. The summed E-state index contributed by atoms with van der Waals surface area (Å²) in [5.41, 5.74) is 6.96. The van der Waals surface area contributed by atoms with Crippen LogP contribution in [0.5, 0.6) is 0 Å². The van der Waals surface area contributed by atoms with Gasteiger partial charge in [-0.05, 0) is 18.2 Å². The Kier molecular flexibility index (Phi) is 3.59. The molecule has 1 unspecified atom stereocenters. The number of hydrogen-bond donors (Lipinski definition) is 1. The molecule has 1 atom stereocenters. The fourth-order valence-electron chi connectivity index (χ4n) is 1.87. The molecule has 0 saturated carbocycles. The first-order valence-corrected chi connectivity index (χ1v) is 6.79. The lowest BCUT2D eigenvalue weighted by molar-refractivity contribution is 0.753. The number of rotatable bonds is 2. The van der Waals surface area contributed by atoms with E-state index < -0.39 is 0 Å². The zero-order valence-electron chi connectivity index (χ0n) is 8.74. The largest absolute Gasteiger partial charge is 0.368 e. The maximum atomic E-state index is 5.64. The quantitative estimate of drug-likeness (QED) is 0.907. The molecule has 82 valence electrons. The topological polar surface area (TPSA) is 29.3 Å². The van der Waals surface area contributed by atoms with Gasteiger partial charge in [0.05, 0.1) is 5.69 Å². The highest BCUT2D eigenvalue weighted by Crippen LogP contribution is 2.39. The highest BCUT2D eigenvalue weighted by atomic mass is 79.9. The first-order chi connectivity index (χ1) is 7.20. The number of nitrogens with zero attached hydrogens (tertiary/aromatic N) is 1. The van der Waals surface area contributed by atoms with Crippen molar-refractivity contribution in [2.45, 2.75) is 17.1 Å². The molecule has 15 heavy (non-hydrogen) atoms. The number of thioether (sulfide) groups is 1. The van der Waals surface area contributed by atoms with Crippen molar-refractivity contribution in [1.29, 1.82) is 0 Å². The Bertz CT molecular complexity index is 356. The molecule has 0 saturated heterocycles. The molecule has 0 radical (unpaired) electrons. The van der Waals surface area contributed by atoms with Crippen LogP contribution in [0.2, 0.25) is 0 Å². The minimum atomic E-state index is 0.644. The number of benzene rings is 1. The first-order valence-electron chi connectivity index (χ1n) is 5.12. The Morgan fingerprint density at radius 1 is 1.60 bits per heavy atom. The molecule has 0 fully saturated rings. The number of hydrogen-bond acceptors (Lipinski definition) is 3. The maximum absolute atomic E-state index is 5.64. The summed E-state index contributed by atoms with van der Waals surface area (Å²) in [4.78, 5) is 3.74. The number of anilines is 1. The van der Waals surface area contributed by atoms with Crippen molar-refractivity contribution in [3.8, 4) is 0 Å². The highest BCUT2D eigenvalue weighted by Gasteiger charge is 2.21. The smallest absolute Gasteiger partial charge is 0.0516 e. The van der Waals surface area contributed by atoms with E-state index in [9.17, 15) is 0 Å². The molecule has 0 bridgehead atoms. The highest BCUT2D eigenvalue weighted by molar-refractivity contribution is 9.10. The third kappa shape index (κ3) is 2.49. The Morgan fingerprint density at radius 3 is 3.13 bits per heavy atom.